The second-order valence-electron chi connectivity index (χ2n) is 8.08. The molecular formula is C24H29N3O5. The Hall–Kier alpha value is -3.13. The van der Waals surface area contributed by atoms with E-state index in [1.807, 2.05) is 12.1 Å². The average Bonchev–Trinajstić information content (AvgIpc) is 2.83. The van der Waals surface area contributed by atoms with E-state index in [-0.39, 0.29) is 18.6 Å². The van der Waals surface area contributed by atoms with Crippen LogP contribution in [0.5, 0.6) is 5.88 Å². The predicted octanol–water partition coefficient (Wildman–Crippen LogP) is 3.04. The summed E-state index contributed by atoms with van der Waals surface area (Å²) in [5.74, 6) is 0.203. The van der Waals surface area contributed by atoms with Crippen LogP contribution in [-0.2, 0) is 14.3 Å². The number of carbonyl (C=O) groups excluding carboxylic acids is 2. The highest BCUT2D eigenvalue weighted by Crippen LogP contribution is 2.31. The summed E-state index contributed by atoms with van der Waals surface area (Å²) in [5, 5.41) is 0. The lowest BCUT2D eigenvalue weighted by atomic mass is 9.86. The zero-order valence-electron chi connectivity index (χ0n) is 18.5. The van der Waals surface area contributed by atoms with Gasteiger partial charge in [0.05, 0.1) is 31.2 Å². The molecule has 0 unspecified atom stereocenters. The summed E-state index contributed by atoms with van der Waals surface area (Å²) >= 11 is 0. The fourth-order valence-electron chi connectivity index (χ4n) is 4.38. The van der Waals surface area contributed by atoms with E-state index in [2.05, 4.69) is 9.88 Å². The van der Waals surface area contributed by atoms with E-state index in [1.165, 1.54) is 0 Å². The van der Waals surface area contributed by atoms with Crippen molar-refractivity contribution in [3.63, 3.8) is 0 Å². The molecule has 8 heteroatoms. The molecule has 4 heterocycles. The Morgan fingerprint density at radius 1 is 1.16 bits per heavy atom. The van der Waals surface area contributed by atoms with E-state index in [1.54, 1.807) is 49.4 Å². The van der Waals surface area contributed by atoms with Gasteiger partial charge in [-0.05, 0) is 63.0 Å². The first-order valence-corrected chi connectivity index (χ1v) is 11.0. The Kier molecular flexibility index (Phi) is 6.90. The summed E-state index contributed by atoms with van der Waals surface area (Å²) in [6.45, 7) is 5.04. The Morgan fingerprint density at radius 3 is 2.59 bits per heavy atom. The van der Waals surface area contributed by atoms with Crippen LogP contribution in [0.4, 0.5) is 11.4 Å². The number of anilines is 2. The maximum Gasteiger partial charge on any atom is 0.338 e. The van der Waals surface area contributed by atoms with Crippen LogP contribution in [0.2, 0.25) is 0 Å². The van der Waals surface area contributed by atoms with Crippen LogP contribution in [0.3, 0.4) is 0 Å². The van der Waals surface area contributed by atoms with Crippen LogP contribution in [-0.4, -0.2) is 67.8 Å². The first-order valence-electron chi connectivity index (χ1n) is 11.0. The number of pyridine rings is 1. The molecule has 0 radical (unpaired) electrons. The van der Waals surface area contributed by atoms with Crippen molar-refractivity contribution in [3.05, 3.63) is 48.2 Å². The molecule has 3 saturated heterocycles. The van der Waals surface area contributed by atoms with Gasteiger partial charge in [0.15, 0.2) is 0 Å². The molecular weight excluding hydrogens is 410 g/mol. The fourth-order valence-corrected chi connectivity index (χ4v) is 4.38. The third kappa shape index (κ3) is 5.02. The topological polar surface area (TPSA) is 81.2 Å². The summed E-state index contributed by atoms with van der Waals surface area (Å²) in [5.41, 5.74) is 1.78. The van der Waals surface area contributed by atoms with Crippen molar-refractivity contribution in [2.45, 2.75) is 25.9 Å². The van der Waals surface area contributed by atoms with Crippen LogP contribution in [0.25, 0.3) is 0 Å². The van der Waals surface area contributed by atoms with Crippen molar-refractivity contribution in [2.75, 3.05) is 44.8 Å². The zero-order chi connectivity index (χ0) is 22.5. The molecule has 1 atom stereocenters. The lowest BCUT2D eigenvalue weighted by molar-refractivity contribution is -0.156. The van der Waals surface area contributed by atoms with E-state index in [0.717, 1.165) is 32.5 Å². The highest BCUT2D eigenvalue weighted by Gasteiger charge is 2.36. The number of fused-ring (bicyclic) bond motifs is 3. The summed E-state index contributed by atoms with van der Waals surface area (Å²) in [6, 6.07) is 10.6. The van der Waals surface area contributed by atoms with Crippen LogP contribution in [0.15, 0.2) is 42.6 Å². The minimum atomic E-state index is -0.406. The minimum absolute atomic E-state index is 0.00348. The monoisotopic (exact) mass is 439 g/mol. The standard InChI is InChI=1S/C24H29N3O5/c1-3-31-24(29)18-5-4-6-19(13-18)27(20-7-8-22(30-2)25-14-20)16-23(28)32-21-15-26-11-9-17(21)10-12-26/h4-8,13-14,17,21H,3,9-12,15-16H2,1-2H3/t21-/m0/s1. The number of hydrogen-bond donors (Lipinski definition) is 0. The molecule has 32 heavy (non-hydrogen) atoms. The van der Waals surface area contributed by atoms with Gasteiger partial charge in [-0.1, -0.05) is 6.07 Å². The largest absolute Gasteiger partial charge is 0.481 e. The second kappa shape index (κ2) is 9.99. The Balaban J connectivity index is 1.56. The van der Waals surface area contributed by atoms with Gasteiger partial charge >= 0.3 is 11.9 Å². The first-order chi connectivity index (χ1) is 15.6. The molecule has 2 bridgehead atoms. The first kappa shape index (κ1) is 22.1. The number of esters is 2. The summed E-state index contributed by atoms with van der Waals surface area (Å²) in [6.07, 6.45) is 3.72. The van der Waals surface area contributed by atoms with E-state index in [0.29, 0.717) is 35.3 Å². The van der Waals surface area contributed by atoms with Crippen LogP contribution in [0, 0.1) is 5.92 Å². The van der Waals surface area contributed by atoms with E-state index >= 15 is 0 Å². The molecule has 5 rings (SSSR count). The van der Waals surface area contributed by atoms with Gasteiger partial charge < -0.3 is 19.1 Å². The molecule has 2 aromatic rings. The number of ether oxygens (including phenoxy) is 3. The minimum Gasteiger partial charge on any atom is -0.481 e. The van der Waals surface area contributed by atoms with Gasteiger partial charge in [-0.15, -0.1) is 0 Å². The van der Waals surface area contributed by atoms with Gasteiger partial charge in [0.2, 0.25) is 5.88 Å². The van der Waals surface area contributed by atoms with Crippen molar-refractivity contribution < 1.29 is 23.8 Å². The van der Waals surface area contributed by atoms with Crippen molar-refractivity contribution >= 4 is 23.3 Å². The number of benzene rings is 1. The highest BCUT2D eigenvalue weighted by molar-refractivity contribution is 5.91. The van der Waals surface area contributed by atoms with Crippen molar-refractivity contribution in [3.8, 4) is 5.88 Å². The Labute approximate surface area is 188 Å². The molecule has 0 saturated carbocycles. The number of carbonyl (C=O) groups is 2. The summed E-state index contributed by atoms with van der Waals surface area (Å²) in [4.78, 5) is 33.6. The molecule has 0 N–H and O–H groups in total. The average molecular weight is 440 g/mol. The number of methoxy groups -OCH3 is 1. The van der Waals surface area contributed by atoms with Gasteiger partial charge in [-0.3, -0.25) is 9.69 Å². The zero-order valence-corrected chi connectivity index (χ0v) is 18.5. The van der Waals surface area contributed by atoms with Gasteiger partial charge in [0.25, 0.3) is 0 Å². The number of hydrogen-bond acceptors (Lipinski definition) is 8. The van der Waals surface area contributed by atoms with E-state index in [9.17, 15) is 9.59 Å². The van der Waals surface area contributed by atoms with Gasteiger partial charge in [0.1, 0.15) is 12.6 Å². The van der Waals surface area contributed by atoms with Crippen LogP contribution in [0.1, 0.15) is 30.1 Å². The van der Waals surface area contributed by atoms with E-state index in [4.69, 9.17) is 14.2 Å². The lowest BCUT2D eigenvalue weighted by Gasteiger charge is -2.44. The van der Waals surface area contributed by atoms with Crippen molar-refractivity contribution in [2.24, 2.45) is 5.92 Å². The second-order valence-corrected chi connectivity index (χ2v) is 8.08. The van der Waals surface area contributed by atoms with Gasteiger partial charge in [0, 0.05) is 18.3 Å². The molecule has 0 aliphatic carbocycles. The summed E-state index contributed by atoms with van der Waals surface area (Å²) < 4.78 is 16.2. The maximum atomic E-state index is 13.0. The maximum absolute atomic E-state index is 13.0. The third-order valence-electron chi connectivity index (χ3n) is 6.08. The molecule has 3 aliphatic heterocycles. The predicted molar refractivity (Wildman–Crippen MR) is 119 cm³/mol. The molecule has 170 valence electrons. The smallest absolute Gasteiger partial charge is 0.338 e. The van der Waals surface area contributed by atoms with Crippen molar-refractivity contribution in [1.29, 1.82) is 0 Å². The Morgan fingerprint density at radius 2 is 1.97 bits per heavy atom. The van der Waals surface area contributed by atoms with Crippen LogP contribution < -0.4 is 9.64 Å². The molecule has 0 spiro atoms. The number of rotatable bonds is 8. The normalized spacial score (nSPS) is 21.6. The highest BCUT2D eigenvalue weighted by atomic mass is 16.5. The summed E-state index contributed by atoms with van der Waals surface area (Å²) in [7, 11) is 1.55. The SMILES string of the molecule is CCOC(=O)c1cccc(N(CC(=O)O[C@H]2CN3CCC2CC3)c2ccc(OC)nc2)c1. The molecule has 1 aromatic carbocycles. The molecule has 3 aliphatic rings. The quantitative estimate of drug-likeness (QED) is 0.581. The van der Waals surface area contributed by atoms with Crippen LogP contribution >= 0.6 is 0 Å². The van der Waals surface area contributed by atoms with Gasteiger partial charge in [-0.2, -0.15) is 0 Å². The number of piperidine rings is 3. The van der Waals surface area contributed by atoms with Crippen molar-refractivity contribution in [1.82, 2.24) is 9.88 Å². The molecule has 1 aromatic heterocycles. The molecule has 0 amide bonds. The van der Waals surface area contributed by atoms with Gasteiger partial charge in [-0.25, -0.2) is 9.78 Å². The molecule has 3 fully saturated rings. The fraction of sp³-hybridized carbons (Fsp3) is 0.458. The molecule has 8 nitrogen and oxygen atoms in total. The third-order valence-corrected chi connectivity index (χ3v) is 6.08. The number of nitrogens with zero attached hydrogens (tertiary/aromatic N) is 3. The number of aromatic nitrogens is 1. The van der Waals surface area contributed by atoms with E-state index < -0.39 is 5.97 Å². The Bertz CT molecular complexity index is 941. The lowest BCUT2D eigenvalue weighted by Crippen LogP contribution is -2.52.